The van der Waals surface area contributed by atoms with E-state index in [0.717, 1.165) is 12.3 Å². The Balaban J connectivity index is 1.37. The first-order valence-electron chi connectivity index (χ1n) is 8.00. The van der Waals surface area contributed by atoms with Crippen molar-refractivity contribution in [3.05, 3.63) is 30.1 Å². The zero-order chi connectivity index (χ0) is 15.8. The van der Waals surface area contributed by atoms with E-state index in [9.17, 15) is 9.18 Å². The van der Waals surface area contributed by atoms with E-state index in [0.29, 0.717) is 23.3 Å². The second-order valence-electron chi connectivity index (χ2n) is 6.50. The molecule has 3 unspecified atom stereocenters. The van der Waals surface area contributed by atoms with Crippen molar-refractivity contribution in [2.75, 3.05) is 0 Å². The number of fused-ring (bicyclic) bond motifs is 2. The third kappa shape index (κ3) is 2.95. The number of hydrogen-bond acceptors (Lipinski definition) is 4. The molecule has 23 heavy (non-hydrogen) atoms. The number of tetrazole rings is 1. The van der Waals surface area contributed by atoms with Crippen LogP contribution in [0.2, 0.25) is 0 Å². The fourth-order valence-corrected chi connectivity index (χ4v) is 3.83. The van der Waals surface area contributed by atoms with Gasteiger partial charge in [-0.15, -0.1) is 10.2 Å². The molecule has 1 aromatic carbocycles. The number of carbonyl (C=O) groups is 1. The van der Waals surface area contributed by atoms with Crippen molar-refractivity contribution in [3.63, 3.8) is 0 Å². The summed E-state index contributed by atoms with van der Waals surface area (Å²) in [5.41, 5.74) is 0.672. The Labute approximate surface area is 133 Å². The van der Waals surface area contributed by atoms with Gasteiger partial charge in [-0.05, 0) is 60.6 Å². The molecule has 2 aromatic rings. The van der Waals surface area contributed by atoms with E-state index in [1.54, 1.807) is 12.1 Å². The zero-order valence-corrected chi connectivity index (χ0v) is 12.7. The number of halogens is 1. The number of nitrogens with zero attached hydrogens (tertiary/aromatic N) is 4. The number of benzene rings is 1. The third-order valence-corrected chi connectivity index (χ3v) is 4.92. The first-order valence-corrected chi connectivity index (χ1v) is 8.00. The van der Waals surface area contributed by atoms with Crippen LogP contribution in [0.5, 0.6) is 0 Å². The number of carbonyl (C=O) groups excluding carboxylic acids is 1. The number of rotatable bonds is 4. The SMILES string of the molecule is O=C(Cn1nnc(-c2ccc(F)cc2)n1)NC1CC2CCC1C2. The highest BCUT2D eigenvalue weighted by Gasteiger charge is 2.40. The lowest BCUT2D eigenvalue weighted by atomic mass is 9.95. The third-order valence-electron chi connectivity index (χ3n) is 4.92. The van der Waals surface area contributed by atoms with Crippen molar-refractivity contribution in [2.45, 2.75) is 38.3 Å². The average Bonchev–Trinajstić information content (AvgIpc) is 3.24. The number of nitrogens with one attached hydrogen (secondary N) is 1. The Morgan fingerprint density at radius 1 is 1.26 bits per heavy atom. The second-order valence-corrected chi connectivity index (χ2v) is 6.50. The molecule has 2 aliphatic rings. The lowest BCUT2D eigenvalue weighted by Gasteiger charge is -2.22. The molecule has 7 heteroatoms. The van der Waals surface area contributed by atoms with E-state index in [4.69, 9.17) is 0 Å². The molecular formula is C16H18FN5O. The highest BCUT2D eigenvalue weighted by molar-refractivity contribution is 5.76. The maximum absolute atomic E-state index is 12.9. The predicted octanol–water partition coefficient (Wildman–Crippen LogP) is 1.78. The summed E-state index contributed by atoms with van der Waals surface area (Å²) in [6.45, 7) is 0.0576. The summed E-state index contributed by atoms with van der Waals surface area (Å²) in [6, 6.07) is 6.18. The van der Waals surface area contributed by atoms with Gasteiger partial charge in [0.1, 0.15) is 12.4 Å². The van der Waals surface area contributed by atoms with Gasteiger partial charge in [-0.3, -0.25) is 4.79 Å². The summed E-state index contributed by atoms with van der Waals surface area (Å²) >= 11 is 0. The van der Waals surface area contributed by atoms with Gasteiger partial charge in [0.2, 0.25) is 11.7 Å². The summed E-state index contributed by atoms with van der Waals surface area (Å²) < 4.78 is 12.9. The monoisotopic (exact) mass is 315 g/mol. The van der Waals surface area contributed by atoms with Gasteiger partial charge in [-0.2, -0.15) is 4.80 Å². The molecule has 4 rings (SSSR count). The van der Waals surface area contributed by atoms with E-state index in [-0.39, 0.29) is 18.3 Å². The summed E-state index contributed by atoms with van der Waals surface area (Å²) in [5.74, 6) is 1.43. The Hall–Kier alpha value is -2.31. The van der Waals surface area contributed by atoms with Crippen LogP contribution in [0.25, 0.3) is 11.4 Å². The Bertz CT molecular complexity index is 714. The number of hydrogen-bond donors (Lipinski definition) is 1. The van der Waals surface area contributed by atoms with Crippen LogP contribution in [0.1, 0.15) is 25.7 Å². The summed E-state index contributed by atoms with van der Waals surface area (Å²) in [4.78, 5) is 13.4. The maximum Gasteiger partial charge on any atom is 0.243 e. The summed E-state index contributed by atoms with van der Waals surface area (Å²) in [6.07, 6.45) is 4.89. The minimum absolute atomic E-state index is 0.0576. The van der Waals surface area contributed by atoms with Gasteiger partial charge in [-0.1, -0.05) is 6.42 Å². The van der Waals surface area contributed by atoms with Crippen LogP contribution in [0.15, 0.2) is 24.3 Å². The Morgan fingerprint density at radius 2 is 2.09 bits per heavy atom. The summed E-state index contributed by atoms with van der Waals surface area (Å²) in [7, 11) is 0. The molecule has 6 nitrogen and oxygen atoms in total. The minimum Gasteiger partial charge on any atom is -0.351 e. The molecule has 0 radical (unpaired) electrons. The molecule has 0 saturated heterocycles. The van der Waals surface area contributed by atoms with Crippen LogP contribution in [-0.4, -0.2) is 32.2 Å². The molecule has 2 aliphatic carbocycles. The summed E-state index contributed by atoms with van der Waals surface area (Å²) in [5, 5.41) is 15.1. The lowest BCUT2D eigenvalue weighted by Crippen LogP contribution is -2.40. The zero-order valence-electron chi connectivity index (χ0n) is 12.7. The molecule has 120 valence electrons. The van der Waals surface area contributed by atoms with Crippen LogP contribution in [0, 0.1) is 17.7 Å². The molecule has 0 spiro atoms. The number of amides is 1. The topological polar surface area (TPSA) is 72.7 Å². The van der Waals surface area contributed by atoms with Gasteiger partial charge in [0, 0.05) is 11.6 Å². The van der Waals surface area contributed by atoms with Gasteiger partial charge < -0.3 is 5.32 Å². The largest absolute Gasteiger partial charge is 0.351 e. The number of aromatic nitrogens is 4. The van der Waals surface area contributed by atoms with Crippen LogP contribution in [-0.2, 0) is 11.3 Å². The molecule has 1 amide bonds. The van der Waals surface area contributed by atoms with Crippen LogP contribution in [0.3, 0.4) is 0 Å². The Morgan fingerprint density at radius 3 is 2.78 bits per heavy atom. The molecule has 1 N–H and O–H groups in total. The van der Waals surface area contributed by atoms with E-state index in [1.807, 2.05) is 0 Å². The van der Waals surface area contributed by atoms with Crippen molar-refractivity contribution >= 4 is 5.91 Å². The molecule has 2 saturated carbocycles. The van der Waals surface area contributed by atoms with E-state index >= 15 is 0 Å². The Kier molecular flexibility index (Phi) is 3.55. The first-order chi connectivity index (χ1) is 11.2. The van der Waals surface area contributed by atoms with E-state index in [2.05, 4.69) is 20.7 Å². The fourth-order valence-electron chi connectivity index (χ4n) is 3.83. The van der Waals surface area contributed by atoms with Crippen LogP contribution >= 0.6 is 0 Å². The van der Waals surface area contributed by atoms with E-state index in [1.165, 1.54) is 36.2 Å². The van der Waals surface area contributed by atoms with Crippen molar-refractivity contribution in [3.8, 4) is 11.4 Å². The molecule has 0 aliphatic heterocycles. The molecule has 1 aromatic heterocycles. The first kappa shape index (κ1) is 14.3. The lowest BCUT2D eigenvalue weighted by molar-refractivity contribution is -0.123. The smallest absolute Gasteiger partial charge is 0.243 e. The van der Waals surface area contributed by atoms with Crippen LogP contribution in [0.4, 0.5) is 4.39 Å². The quantitative estimate of drug-likeness (QED) is 0.933. The fraction of sp³-hybridized carbons (Fsp3) is 0.500. The average molecular weight is 315 g/mol. The van der Waals surface area contributed by atoms with Gasteiger partial charge in [-0.25, -0.2) is 4.39 Å². The molecular weight excluding hydrogens is 297 g/mol. The molecule has 3 atom stereocenters. The van der Waals surface area contributed by atoms with Gasteiger partial charge in [0.05, 0.1) is 0 Å². The van der Waals surface area contributed by atoms with Gasteiger partial charge in [0.15, 0.2) is 0 Å². The molecule has 1 heterocycles. The molecule has 2 fully saturated rings. The highest BCUT2D eigenvalue weighted by Crippen LogP contribution is 2.44. The second kappa shape index (κ2) is 5.72. The molecule has 2 bridgehead atoms. The minimum atomic E-state index is -0.314. The van der Waals surface area contributed by atoms with Gasteiger partial charge >= 0.3 is 0 Å². The van der Waals surface area contributed by atoms with E-state index < -0.39 is 0 Å². The van der Waals surface area contributed by atoms with Crippen LogP contribution < -0.4 is 5.32 Å². The van der Waals surface area contributed by atoms with Crippen molar-refractivity contribution in [1.82, 2.24) is 25.5 Å². The normalized spacial score (nSPS) is 25.7. The van der Waals surface area contributed by atoms with Crippen molar-refractivity contribution < 1.29 is 9.18 Å². The highest BCUT2D eigenvalue weighted by atomic mass is 19.1. The maximum atomic E-state index is 12.9. The van der Waals surface area contributed by atoms with Crippen molar-refractivity contribution in [2.24, 2.45) is 11.8 Å². The van der Waals surface area contributed by atoms with Gasteiger partial charge in [0.25, 0.3) is 0 Å². The van der Waals surface area contributed by atoms with Crippen molar-refractivity contribution in [1.29, 1.82) is 0 Å². The standard InChI is InChI=1S/C16H18FN5O/c17-13-5-3-11(4-6-13)16-19-21-22(20-16)9-15(23)18-14-8-10-1-2-12(14)7-10/h3-6,10,12,14H,1-2,7-9H2,(H,18,23). The predicted molar refractivity (Wildman–Crippen MR) is 80.6 cm³/mol.